The fraction of sp³-hybridized carbons (Fsp3) is 0.286. The third kappa shape index (κ3) is 6.58. The quantitative estimate of drug-likeness (QED) is 0.862. The van der Waals surface area contributed by atoms with Gasteiger partial charge in [0.05, 0.1) is 6.54 Å². The molecule has 0 atom stereocenters. The number of amides is 1. The van der Waals surface area contributed by atoms with Crippen LogP contribution < -0.4 is 5.32 Å². The van der Waals surface area contributed by atoms with Gasteiger partial charge in [-0.2, -0.15) is 0 Å². The van der Waals surface area contributed by atoms with Gasteiger partial charge in [0, 0.05) is 5.56 Å². The first-order chi connectivity index (χ1) is 11.4. The highest BCUT2D eigenvalue weighted by Gasteiger charge is 2.14. The van der Waals surface area contributed by atoms with Crippen molar-refractivity contribution in [1.29, 1.82) is 0 Å². The van der Waals surface area contributed by atoms with E-state index in [4.69, 9.17) is 4.74 Å². The Kier molecular flexibility index (Phi) is 6.03. The summed E-state index contributed by atoms with van der Waals surface area (Å²) in [6.45, 7) is 5.75. The van der Waals surface area contributed by atoms with Crippen molar-refractivity contribution in [3.05, 3.63) is 71.3 Å². The highest BCUT2D eigenvalue weighted by molar-refractivity contribution is 5.68. The number of nitrogens with one attached hydrogen (secondary N) is 1. The van der Waals surface area contributed by atoms with Gasteiger partial charge in [0.1, 0.15) is 5.60 Å². The zero-order valence-corrected chi connectivity index (χ0v) is 14.4. The lowest BCUT2D eigenvalue weighted by Crippen LogP contribution is -2.32. The molecule has 124 valence electrons. The smallest absolute Gasteiger partial charge is 0.408 e. The number of ether oxygens (including phenoxy) is 1. The van der Waals surface area contributed by atoms with E-state index in [9.17, 15) is 4.79 Å². The van der Waals surface area contributed by atoms with Crippen LogP contribution in [0.1, 0.15) is 37.5 Å². The molecular weight excluding hydrogens is 298 g/mol. The summed E-state index contributed by atoms with van der Waals surface area (Å²) in [6.07, 6.45) is 0.462. The Labute approximate surface area is 144 Å². The number of rotatable bonds is 3. The monoisotopic (exact) mass is 321 g/mol. The molecule has 2 aromatic rings. The van der Waals surface area contributed by atoms with Crippen LogP contribution in [-0.4, -0.2) is 18.2 Å². The van der Waals surface area contributed by atoms with Crippen LogP contribution in [0.5, 0.6) is 0 Å². The lowest BCUT2D eigenvalue weighted by molar-refractivity contribution is 0.0535. The first-order valence-corrected chi connectivity index (χ1v) is 8.01. The van der Waals surface area contributed by atoms with E-state index in [0.29, 0.717) is 0 Å². The van der Waals surface area contributed by atoms with Crippen LogP contribution in [0.25, 0.3) is 0 Å². The highest BCUT2D eigenvalue weighted by atomic mass is 16.6. The van der Waals surface area contributed by atoms with E-state index >= 15 is 0 Å². The molecular formula is C21H23NO2. The van der Waals surface area contributed by atoms with Crippen LogP contribution in [0.4, 0.5) is 4.79 Å². The molecule has 1 N–H and O–H groups in total. The number of carbonyl (C=O) groups excluding carboxylic acids is 1. The third-order valence-electron chi connectivity index (χ3n) is 3.16. The molecule has 0 aliphatic heterocycles. The second kappa shape index (κ2) is 8.21. The van der Waals surface area contributed by atoms with Crippen LogP contribution in [0.2, 0.25) is 0 Å². The van der Waals surface area contributed by atoms with E-state index in [1.807, 2.05) is 51.1 Å². The predicted octanol–water partition coefficient (Wildman–Crippen LogP) is 4.15. The maximum Gasteiger partial charge on any atom is 0.408 e. The number of benzene rings is 2. The minimum atomic E-state index is -0.494. The van der Waals surface area contributed by atoms with Gasteiger partial charge in [-0.3, -0.25) is 0 Å². The Morgan fingerprint density at radius 1 is 1.00 bits per heavy atom. The molecule has 0 aliphatic rings. The van der Waals surface area contributed by atoms with Crippen molar-refractivity contribution in [2.75, 3.05) is 6.54 Å². The fourth-order valence-corrected chi connectivity index (χ4v) is 2.11. The van der Waals surface area contributed by atoms with Gasteiger partial charge in [0.2, 0.25) is 0 Å². The van der Waals surface area contributed by atoms with Crippen LogP contribution in [0.3, 0.4) is 0 Å². The summed E-state index contributed by atoms with van der Waals surface area (Å²) in [7, 11) is 0. The Morgan fingerprint density at radius 3 is 2.25 bits per heavy atom. The van der Waals surface area contributed by atoms with Crippen LogP contribution >= 0.6 is 0 Å². The van der Waals surface area contributed by atoms with E-state index in [-0.39, 0.29) is 6.54 Å². The molecule has 0 aromatic heterocycles. The molecule has 0 bridgehead atoms. The molecule has 1 amide bonds. The molecule has 0 spiro atoms. The van der Waals surface area contributed by atoms with Gasteiger partial charge in [-0.25, -0.2) is 4.79 Å². The normalized spacial score (nSPS) is 10.5. The van der Waals surface area contributed by atoms with Crippen molar-refractivity contribution < 1.29 is 9.53 Å². The molecule has 0 saturated heterocycles. The van der Waals surface area contributed by atoms with Gasteiger partial charge in [-0.15, -0.1) is 0 Å². The standard InChI is InChI=1S/C21H23NO2/c1-21(2,3)24-20(23)22-15-7-10-17-11-13-19(14-12-17)16-18-8-5-4-6-9-18/h4-6,8-9,11-14H,15-16H2,1-3H3,(H,22,23). The molecule has 0 heterocycles. The van der Waals surface area contributed by atoms with Gasteiger partial charge in [-0.05, 0) is 50.5 Å². The van der Waals surface area contributed by atoms with Crippen LogP contribution in [0, 0.1) is 11.8 Å². The summed E-state index contributed by atoms with van der Waals surface area (Å²) < 4.78 is 5.14. The van der Waals surface area contributed by atoms with E-state index in [0.717, 1.165) is 12.0 Å². The molecule has 0 unspecified atom stereocenters. The fourth-order valence-electron chi connectivity index (χ4n) is 2.11. The van der Waals surface area contributed by atoms with Gasteiger partial charge in [0.25, 0.3) is 0 Å². The van der Waals surface area contributed by atoms with E-state index < -0.39 is 11.7 Å². The van der Waals surface area contributed by atoms with E-state index in [2.05, 4.69) is 41.4 Å². The molecule has 0 radical (unpaired) electrons. The molecule has 2 aromatic carbocycles. The van der Waals surface area contributed by atoms with Gasteiger partial charge in [-0.1, -0.05) is 54.3 Å². The van der Waals surface area contributed by atoms with Crippen molar-refractivity contribution >= 4 is 6.09 Å². The number of hydrogen-bond donors (Lipinski definition) is 1. The van der Waals surface area contributed by atoms with Crippen molar-refractivity contribution in [3.63, 3.8) is 0 Å². The molecule has 3 nitrogen and oxygen atoms in total. The molecule has 0 fully saturated rings. The second-order valence-corrected chi connectivity index (χ2v) is 6.52. The van der Waals surface area contributed by atoms with Crippen molar-refractivity contribution in [2.24, 2.45) is 0 Å². The second-order valence-electron chi connectivity index (χ2n) is 6.52. The van der Waals surface area contributed by atoms with E-state index in [1.54, 1.807) is 0 Å². The minimum Gasteiger partial charge on any atom is -0.444 e. The summed E-state index contributed by atoms with van der Waals surface area (Å²) in [6, 6.07) is 18.5. The first-order valence-electron chi connectivity index (χ1n) is 8.01. The predicted molar refractivity (Wildman–Crippen MR) is 96.8 cm³/mol. The summed E-state index contributed by atoms with van der Waals surface area (Å²) in [5.74, 6) is 5.96. The van der Waals surface area contributed by atoms with Gasteiger partial charge >= 0.3 is 6.09 Å². The average Bonchev–Trinajstić information content (AvgIpc) is 2.52. The Morgan fingerprint density at radius 2 is 1.62 bits per heavy atom. The van der Waals surface area contributed by atoms with Crippen molar-refractivity contribution in [2.45, 2.75) is 32.8 Å². The Balaban J connectivity index is 1.83. The number of alkyl carbamates (subject to hydrolysis) is 1. The highest BCUT2D eigenvalue weighted by Crippen LogP contribution is 2.10. The van der Waals surface area contributed by atoms with Gasteiger partial charge in [0.15, 0.2) is 0 Å². The van der Waals surface area contributed by atoms with E-state index in [1.165, 1.54) is 11.1 Å². The molecule has 2 rings (SSSR count). The molecule has 3 heteroatoms. The van der Waals surface area contributed by atoms with Crippen molar-refractivity contribution in [3.8, 4) is 11.8 Å². The maximum absolute atomic E-state index is 11.5. The molecule has 0 saturated carbocycles. The third-order valence-corrected chi connectivity index (χ3v) is 3.16. The lowest BCUT2D eigenvalue weighted by Gasteiger charge is -2.18. The molecule has 0 aliphatic carbocycles. The maximum atomic E-state index is 11.5. The van der Waals surface area contributed by atoms with Crippen molar-refractivity contribution in [1.82, 2.24) is 5.32 Å². The largest absolute Gasteiger partial charge is 0.444 e. The summed E-state index contributed by atoms with van der Waals surface area (Å²) in [4.78, 5) is 11.5. The first kappa shape index (κ1) is 17.6. The summed E-state index contributed by atoms with van der Waals surface area (Å²) in [5, 5.41) is 2.62. The Bertz CT molecular complexity index is 716. The van der Waals surface area contributed by atoms with Crippen LogP contribution in [-0.2, 0) is 11.2 Å². The zero-order chi connectivity index (χ0) is 17.4. The minimum absolute atomic E-state index is 0.265. The summed E-state index contributed by atoms with van der Waals surface area (Å²) in [5.41, 5.74) is 2.97. The Hall–Kier alpha value is -2.73. The topological polar surface area (TPSA) is 38.3 Å². The number of carbonyl (C=O) groups is 1. The number of hydrogen-bond acceptors (Lipinski definition) is 2. The van der Waals surface area contributed by atoms with Gasteiger partial charge < -0.3 is 10.1 Å². The molecule has 24 heavy (non-hydrogen) atoms. The zero-order valence-electron chi connectivity index (χ0n) is 14.4. The van der Waals surface area contributed by atoms with Crippen LogP contribution in [0.15, 0.2) is 54.6 Å². The average molecular weight is 321 g/mol. The SMILES string of the molecule is CC(C)(C)OC(=O)NCC#Cc1ccc(Cc2ccccc2)cc1. The lowest BCUT2D eigenvalue weighted by atomic mass is 10.0. The summed E-state index contributed by atoms with van der Waals surface area (Å²) >= 11 is 0.